The van der Waals surface area contributed by atoms with Crippen LogP contribution >= 0.6 is 22.7 Å². The lowest BCUT2D eigenvalue weighted by molar-refractivity contribution is 1.07. The largest absolute Gasteiger partial charge is 0.208 e. The van der Waals surface area contributed by atoms with Gasteiger partial charge in [-0.3, -0.25) is 0 Å². The van der Waals surface area contributed by atoms with Crippen molar-refractivity contribution in [3.05, 3.63) is 419 Å². The first-order chi connectivity index (χ1) is 61.7. The lowest BCUT2D eigenvalue weighted by Gasteiger charge is -2.19. The van der Waals surface area contributed by atoms with E-state index < -0.39 is 8.07 Å². The highest BCUT2D eigenvalue weighted by Gasteiger charge is 2.40. The van der Waals surface area contributed by atoms with Crippen molar-refractivity contribution in [2.45, 2.75) is 13.1 Å². The van der Waals surface area contributed by atoms with E-state index >= 15 is 0 Å². The summed E-state index contributed by atoms with van der Waals surface area (Å²) in [6.45, 7) is 4.91. The SMILES string of the molecule is C[Si]1(C)c2cccc(-c3nc(-c4ccccc4)nc(-c4ccc(-c5ccccc5)cc4)n3)c2-c2c1ccc1ccccc21.c1ccc(-c2nc(-c3ccc(-c4ccc5ccccc5c4)cc3)nc(-c3ccc4c(c3)sc3ccccc34)n2)cc1.c1ccc(-c2nc(-c3ccc(-c4ccc5ccccc5c4)cc3)nc(-c3cccc4sc5ccccc5c34)n2)cc1. The molecule has 0 radical (unpaired) electrons. The quantitative estimate of drug-likeness (QED) is 0.110. The Bertz CT molecular complexity index is 8050. The van der Waals surface area contributed by atoms with Crippen molar-refractivity contribution in [2.24, 2.45) is 0 Å². The van der Waals surface area contributed by atoms with Crippen LogP contribution in [0.2, 0.25) is 13.1 Å². The molecule has 9 nitrogen and oxygen atoms in total. The zero-order chi connectivity index (χ0) is 83.3. The number of thiophene rings is 2. The molecule has 588 valence electrons. The summed E-state index contributed by atoms with van der Waals surface area (Å²) in [7, 11) is -1.93. The molecule has 0 saturated heterocycles. The zero-order valence-electron chi connectivity index (χ0n) is 68.2. The Morgan fingerprint density at radius 2 is 0.488 bits per heavy atom. The summed E-state index contributed by atoms with van der Waals surface area (Å²) in [4.78, 5) is 45.2. The van der Waals surface area contributed by atoms with Crippen molar-refractivity contribution in [1.82, 2.24) is 44.9 Å². The molecule has 0 atom stereocenters. The first kappa shape index (κ1) is 75.6. The number of hydrogen-bond donors (Lipinski definition) is 0. The fourth-order valence-corrected chi connectivity index (χ4v) is 22.7. The van der Waals surface area contributed by atoms with E-state index in [4.69, 9.17) is 44.9 Å². The molecule has 0 fully saturated rings. The fraction of sp³-hybridized carbons (Fsp3) is 0.0177. The average Bonchev–Trinajstić information content (AvgIpc) is 1.55. The highest BCUT2D eigenvalue weighted by Crippen LogP contribution is 2.44. The number of benzene rings is 18. The van der Waals surface area contributed by atoms with Crippen molar-refractivity contribution >= 4 is 114 Å². The molecule has 18 aromatic carbocycles. The van der Waals surface area contributed by atoms with E-state index in [0.717, 1.165) is 61.2 Å². The third kappa shape index (κ3) is 14.7. The molecule has 6 heterocycles. The Labute approximate surface area is 731 Å². The minimum atomic E-state index is -1.93. The summed E-state index contributed by atoms with van der Waals surface area (Å²) in [5.74, 6) is 6.07. The molecule has 0 aliphatic carbocycles. The summed E-state index contributed by atoms with van der Waals surface area (Å²) < 4.78 is 5.00. The lowest BCUT2D eigenvalue weighted by atomic mass is 9.94. The number of fused-ring (bicyclic) bond motifs is 13. The lowest BCUT2D eigenvalue weighted by Crippen LogP contribution is -2.49. The Kier molecular flexibility index (Phi) is 19.6. The molecule has 23 aromatic rings. The smallest absolute Gasteiger partial charge is 0.164 e. The summed E-state index contributed by atoms with van der Waals surface area (Å²) in [5.41, 5.74) is 18.5. The minimum absolute atomic E-state index is 0.662. The van der Waals surface area contributed by atoms with E-state index in [-0.39, 0.29) is 0 Å². The molecule has 1 aliphatic heterocycles. The highest BCUT2D eigenvalue weighted by atomic mass is 32.1. The van der Waals surface area contributed by atoms with Crippen LogP contribution < -0.4 is 10.4 Å². The van der Waals surface area contributed by atoms with Gasteiger partial charge in [0.1, 0.15) is 8.07 Å². The maximum atomic E-state index is 5.17. The maximum Gasteiger partial charge on any atom is 0.164 e. The van der Waals surface area contributed by atoms with Crippen LogP contribution in [0.5, 0.6) is 0 Å². The van der Waals surface area contributed by atoms with Crippen LogP contribution in [0.25, 0.3) is 220 Å². The molecular weight excluding hydrogens is 1580 g/mol. The molecule has 0 saturated carbocycles. The fourth-order valence-electron chi connectivity index (χ4n) is 17.4. The van der Waals surface area contributed by atoms with Gasteiger partial charge >= 0.3 is 0 Å². The van der Waals surface area contributed by atoms with E-state index in [1.807, 2.05) is 84.9 Å². The highest BCUT2D eigenvalue weighted by molar-refractivity contribution is 7.26. The predicted molar refractivity (Wildman–Crippen MR) is 525 cm³/mol. The standard InChI is InChI=1S/C39H29N3Si.2C37H23N3S/c1-43(2)33-19-11-18-32(36(33)35-31-17-10-9-14-28(31)24-25-34(35)43)39-41-37(29-15-7-4-8-16-29)40-38(42-39)30-22-20-27(21-23-30)26-12-5-3-6-13-26;1-2-10-26(11-3-1)35-38-36(27-20-17-25(18-21-27)29-22-19-24-9-4-5-12-28(24)23-29)40-37(39-35)31-14-8-16-33-34(31)30-13-6-7-15-32(30)41-33;1-2-9-26(10-3-1)35-38-36(27-17-14-25(15-18-27)29-19-16-24-8-4-5-11-28(24)22-29)40-37(39-35)30-20-21-32-31-12-6-7-13-33(31)41-34(32)23-30/h3-25H,1-2H3;2*1-23H. The third-order valence-corrected chi connectivity index (χ3v) is 29.6. The van der Waals surface area contributed by atoms with Crippen LogP contribution in [-0.2, 0) is 0 Å². The Morgan fingerprint density at radius 3 is 1.00 bits per heavy atom. The molecule has 12 heteroatoms. The zero-order valence-corrected chi connectivity index (χ0v) is 70.8. The summed E-state index contributed by atoms with van der Waals surface area (Å²) >= 11 is 3.60. The normalized spacial score (nSPS) is 12.0. The van der Waals surface area contributed by atoms with Gasteiger partial charge in [-0.15, -0.1) is 22.7 Å². The summed E-state index contributed by atoms with van der Waals surface area (Å²) in [6, 6.07) is 147. The minimum Gasteiger partial charge on any atom is -0.208 e. The van der Waals surface area contributed by atoms with Gasteiger partial charge in [-0.25, -0.2) is 44.9 Å². The Hall–Kier alpha value is -15.6. The van der Waals surface area contributed by atoms with Crippen molar-refractivity contribution in [2.75, 3.05) is 0 Å². The van der Waals surface area contributed by atoms with E-state index in [0.29, 0.717) is 52.4 Å². The van der Waals surface area contributed by atoms with E-state index in [1.165, 1.54) is 116 Å². The van der Waals surface area contributed by atoms with Gasteiger partial charge in [0.15, 0.2) is 52.4 Å². The molecule has 0 N–H and O–H groups in total. The molecule has 24 rings (SSSR count). The summed E-state index contributed by atoms with van der Waals surface area (Å²) in [6.07, 6.45) is 0. The van der Waals surface area contributed by atoms with Gasteiger partial charge in [-0.05, 0) is 124 Å². The number of nitrogens with zero attached hydrogens (tertiary/aromatic N) is 9. The summed E-state index contributed by atoms with van der Waals surface area (Å²) in [5, 5.41) is 15.4. The Morgan fingerprint density at radius 1 is 0.176 bits per heavy atom. The van der Waals surface area contributed by atoms with Gasteiger partial charge in [0.05, 0.1) is 0 Å². The number of rotatable bonds is 12. The second-order valence-electron chi connectivity index (χ2n) is 31.9. The van der Waals surface area contributed by atoms with Gasteiger partial charge in [0.2, 0.25) is 0 Å². The molecule has 125 heavy (non-hydrogen) atoms. The van der Waals surface area contributed by atoms with Gasteiger partial charge in [-0.1, -0.05) is 395 Å². The van der Waals surface area contributed by atoms with Gasteiger partial charge in [0, 0.05) is 90.4 Å². The topological polar surface area (TPSA) is 116 Å². The van der Waals surface area contributed by atoms with E-state index in [1.54, 1.807) is 22.7 Å². The van der Waals surface area contributed by atoms with Crippen LogP contribution in [0, 0.1) is 0 Å². The van der Waals surface area contributed by atoms with Crippen molar-refractivity contribution in [3.8, 4) is 147 Å². The van der Waals surface area contributed by atoms with Crippen molar-refractivity contribution in [1.29, 1.82) is 0 Å². The van der Waals surface area contributed by atoms with Crippen LogP contribution in [-0.4, -0.2) is 52.9 Å². The Balaban J connectivity index is 0.000000111. The average molecular weight is 1650 g/mol. The molecule has 0 unspecified atom stereocenters. The molecule has 1 aliphatic rings. The first-order valence-electron chi connectivity index (χ1n) is 41.9. The first-order valence-corrected chi connectivity index (χ1v) is 46.6. The van der Waals surface area contributed by atoms with Crippen LogP contribution in [0.1, 0.15) is 0 Å². The maximum absolute atomic E-state index is 5.17. The van der Waals surface area contributed by atoms with Gasteiger partial charge < -0.3 is 0 Å². The third-order valence-electron chi connectivity index (χ3n) is 23.8. The second-order valence-corrected chi connectivity index (χ2v) is 38.4. The van der Waals surface area contributed by atoms with Gasteiger partial charge in [0.25, 0.3) is 0 Å². The molecular formula is C113H75N9S2Si. The van der Waals surface area contributed by atoms with E-state index in [9.17, 15) is 0 Å². The monoisotopic (exact) mass is 1650 g/mol. The molecule has 0 spiro atoms. The van der Waals surface area contributed by atoms with Gasteiger partial charge in [-0.2, -0.15) is 0 Å². The van der Waals surface area contributed by atoms with Crippen molar-refractivity contribution in [3.63, 3.8) is 0 Å². The van der Waals surface area contributed by atoms with Crippen LogP contribution in [0.4, 0.5) is 0 Å². The molecule has 0 bridgehead atoms. The second kappa shape index (κ2) is 32.4. The number of hydrogen-bond acceptors (Lipinski definition) is 11. The number of aromatic nitrogens is 9. The van der Waals surface area contributed by atoms with E-state index in [2.05, 4.69) is 347 Å². The predicted octanol–water partition coefficient (Wildman–Crippen LogP) is 28.6. The van der Waals surface area contributed by atoms with Crippen LogP contribution in [0.3, 0.4) is 0 Å². The molecule has 5 aromatic heterocycles. The van der Waals surface area contributed by atoms with Crippen LogP contribution in [0.15, 0.2) is 419 Å². The molecule has 0 amide bonds. The van der Waals surface area contributed by atoms with Crippen molar-refractivity contribution < 1.29 is 0 Å².